The van der Waals surface area contributed by atoms with Crippen molar-refractivity contribution in [2.45, 2.75) is 13.5 Å². The quantitative estimate of drug-likeness (QED) is 0.573. The van der Waals surface area contributed by atoms with Crippen LogP contribution in [0.2, 0.25) is 0 Å². The van der Waals surface area contributed by atoms with Gasteiger partial charge >= 0.3 is 0 Å². The summed E-state index contributed by atoms with van der Waals surface area (Å²) in [6.07, 6.45) is 0. The number of benzene rings is 2. The van der Waals surface area contributed by atoms with E-state index in [1.54, 1.807) is 30.6 Å². The maximum atomic E-state index is 11.6. The number of hydrogen-bond donors (Lipinski definition) is 2. The third-order valence-corrected chi connectivity index (χ3v) is 3.66. The Balaban J connectivity index is 1.81. The fourth-order valence-corrected chi connectivity index (χ4v) is 2.42. The van der Waals surface area contributed by atoms with E-state index in [9.17, 15) is 4.79 Å². The number of amides is 1. The Kier molecular flexibility index (Phi) is 4.21. The number of aromatic nitrogens is 1. The van der Waals surface area contributed by atoms with Crippen LogP contribution in [0.4, 0.5) is 0 Å². The summed E-state index contributed by atoms with van der Waals surface area (Å²) < 4.78 is 5.78. The van der Waals surface area contributed by atoms with Crippen LogP contribution in [0.25, 0.3) is 10.9 Å². The number of carbonyl (C=O) groups is 1. The van der Waals surface area contributed by atoms with E-state index in [0.29, 0.717) is 23.5 Å². The smallest absolute Gasteiger partial charge is 0.275 e. The van der Waals surface area contributed by atoms with Gasteiger partial charge in [-0.25, -0.2) is 10.5 Å². The third kappa shape index (κ3) is 3.14. The standard InChI is InChI=1S/C18H16N2O3/c1-12-15(18(21)20-22)6-4-8-17(12)23-11-14-10-9-13-5-2-3-7-16(13)19-14/h2-10,22H,11H2,1H3,(H,20,21). The van der Waals surface area contributed by atoms with Crippen molar-refractivity contribution >= 4 is 16.8 Å². The number of hydroxylamine groups is 1. The van der Waals surface area contributed by atoms with E-state index < -0.39 is 5.91 Å². The Hall–Kier alpha value is -2.92. The molecular weight excluding hydrogens is 292 g/mol. The van der Waals surface area contributed by atoms with Gasteiger partial charge in [0.05, 0.1) is 11.2 Å². The van der Waals surface area contributed by atoms with Gasteiger partial charge in [-0.05, 0) is 31.2 Å². The Morgan fingerprint density at radius 2 is 1.96 bits per heavy atom. The molecular formula is C18H16N2O3. The van der Waals surface area contributed by atoms with Crippen LogP contribution in [0.5, 0.6) is 5.75 Å². The molecule has 2 N–H and O–H groups in total. The van der Waals surface area contributed by atoms with Gasteiger partial charge < -0.3 is 4.74 Å². The first kappa shape index (κ1) is 15.0. The van der Waals surface area contributed by atoms with Crippen LogP contribution in [0, 0.1) is 6.92 Å². The van der Waals surface area contributed by atoms with Crippen molar-refractivity contribution in [3.05, 3.63) is 71.4 Å². The summed E-state index contributed by atoms with van der Waals surface area (Å²) in [5.74, 6) is 0.0258. The third-order valence-electron chi connectivity index (χ3n) is 3.66. The molecule has 5 nitrogen and oxygen atoms in total. The lowest BCUT2D eigenvalue weighted by molar-refractivity contribution is 0.0705. The van der Waals surface area contributed by atoms with Crippen molar-refractivity contribution in [2.75, 3.05) is 0 Å². The van der Waals surface area contributed by atoms with Gasteiger partial charge in [-0.1, -0.05) is 30.3 Å². The second-order valence-electron chi connectivity index (χ2n) is 5.15. The van der Waals surface area contributed by atoms with Crippen LogP contribution in [0.1, 0.15) is 21.6 Å². The van der Waals surface area contributed by atoms with E-state index in [-0.39, 0.29) is 0 Å². The zero-order valence-electron chi connectivity index (χ0n) is 12.6. The van der Waals surface area contributed by atoms with E-state index >= 15 is 0 Å². The van der Waals surface area contributed by atoms with Crippen molar-refractivity contribution in [1.82, 2.24) is 10.5 Å². The Bertz CT molecular complexity index is 862. The van der Waals surface area contributed by atoms with Gasteiger partial charge in [-0.3, -0.25) is 10.0 Å². The molecule has 0 saturated carbocycles. The first-order valence-electron chi connectivity index (χ1n) is 7.20. The fourth-order valence-electron chi connectivity index (χ4n) is 2.42. The topological polar surface area (TPSA) is 71.5 Å². The molecule has 0 fully saturated rings. The van der Waals surface area contributed by atoms with E-state index in [1.165, 1.54) is 0 Å². The molecule has 0 aliphatic carbocycles. The molecule has 0 aliphatic rings. The number of nitrogens with one attached hydrogen (secondary N) is 1. The predicted octanol–water partition coefficient (Wildman–Crippen LogP) is 3.24. The first-order valence-corrected chi connectivity index (χ1v) is 7.20. The highest BCUT2D eigenvalue weighted by molar-refractivity contribution is 5.95. The normalized spacial score (nSPS) is 10.5. The van der Waals surface area contributed by atoms with Gasteiger partial charge in [0.25, 0.3) is 5.91 Å². The van der Waals surface area contributed by atoms with Gasteiger partial charge in [0, 0.05) is 16.5 Å². The van der Waals surface area contributed by atoms with Gasteiger partial charge in [-0.2, -0.15) is 0 Å². The number of fused-ring (bicyclic) bond motifs is 1. The lowest BCUT2D eigenvalue weighted by Gasteiger charge is -2.11. The molecule has 116 valence electrons. The molecule has 0 aliphatic heterocycles. The van der Waals surface area contributed by atoms with Crippen molar-refractivity contribution in [3.63, 3.8) is 0 Å². The van der Waals surface area contributed by atoms with E-state index in [0.717, 1.165) is 16.6 Å². The minimum absolute atomic E-state index is 0.301. The molecule has 3 rings (SSSR count). The van der Waals surface area contributed by atoms with Crippen molar-refractivity contribution in [1.29, 1.82) is 0 Å². The highest BCUT2D eigenvalue weighted by Crippen LogP contribution is 2.22. The maximum Gasteiger partial charge on any atom is 0.275 e. The first-order chi connectivity index (χ1) is 11.2. The zero-order valence-corrected chi connectivity index (χ0v) is 12.6. The Labute approximate surface area is 133 Å². The predicted molar refractivity (Wildman–Crippen MR) is 86.5 cm³/mol. The molecule has 0 saturated heterocycles. The summed E-state index contributed by atoms with van der Waals surface area (Å²) in [5, 5.41) is 9.84. The molecule has 1 aromatic heterocycles. The summed E-state index contributed by atoms with van der Waals surface area (Å²) in [5.41, 5.74) is 4.40. The van der Waals surface area contributed by atoms with E-state index in [1.807, 2.05) is 36.4 Å². The van der Waals surface area contributed by atoms with Crippen LogP contribution in [0.3, 0.4) is 0 Å². The van der Waals surface area contributed by atoms with Gasteiger partial charge in [0.1, 0.15) is 12.4 Å². The molecule has 0 radical (unpaired) electrons. The molecule has 1 amide bonds. The molecule has 3 aromatic rings. The summed E-state index contributed by atoms with van der Waals surface area (Å²) in [7, 11) is 0. The minimum atomic E-state index is -0.559. The lowest BCUT2D eigenvalue weighted by atomic mass is 10.1. The van der Waals surface area contributed by atoms with Crippen LogP contribution in [-0.4, -0.2) is 16.1 Å². The molecule has 0 unspecified atom stereocenters. The number of pyridine rings is 1. The number of hydrogen-bond acceptors (Lipinski definition) is 4. The highest BCUT2D eigenvalue weighted by atomic mass is 16.5. The number of rotatable bonds is 4. The monoisotopic (exact) mass is 308 g/mol. The lowest BCUT2D eigenvalue weighted by Crippen LogP contribution is -2.19. The molecule has 0 atom stereocenters. The second-order valence-corrected chi connectivity index (χ2v) is 5.15. The van der Waals surface area contributed by atoms with Crippen LogP contribution in [-0.2, 0) is 6.61 Å². The number of nitrogens with zero attached hydrogens (tertiary/aromatic N) is 1. The van der Waals surface area contributed by atoms with Gasteiger partial charge in [0.2, 0.25) is 0 Å². The summed E-state index contributed by atoms with van der Waals surface area (Å²) in [4.78, 5) is 16.1. The van der Waals surface area contributed by atoms with Crippen LogP contribution in [0.15, 0.2) is 54.6 Å². The van der Waals surface area contributed by atoms with Crippen molar-refractivity contribution in [2.24, 2.45) is 0 Å². The summed E-state index contributed by atoms with van der Waals surface area (Å²) in [6.45, 7) is 2.07. The number of carbonyl (C=O) groups excluding carboxylic acids is 1. The zero-order chi connectivity index (χ0) is 16.2. The molecule has 5 heteroatoms. The summed E-state index contributed by atoms with van der Waals surface area (Å²) >= 11 is 0. The van der Waals surface area contributed by atoms with Gasteiger partial charge in [0.15, 0.2) is 0 Å². The maximum absolute atomic E-state index is 11.6. The minimum Gasteiger partial charge on any atom is -0.487 e. The van der Waals surface area contributed by atoms with E-state index in [4.69, 9.17) is 9.94 Å². The van der Waals surface area contributed by atoms with Gasteiger partial charge in [-0.15, -0.1) is 0 Å². The molecule has 0 bridgehead atoms. The largest absolute Gasteiger partial charge is 0.487 e. The SMILES string of the molecule is Cc1c(OCc2ccc3ccccc3n2)cccc1C(=O)NO. The number of para-hydroxylation sites is 1. The van der Waals surface area contributed by atoms with Crippen molar-refractivity contribution in [3.8, 4) is 5.75 Å². The number of ether oxygens (including phenoxy) is 1. The fraction of sp³-hybridized carbons (Fsp3) is 0.111. The van der Waals surface area contributed by atoms with Crippen molar-refractivity contribution < 1.29 is 14.7 Å². The Morgan fingerprint density at radius 3 is 2.78 bits per heavy atom. The average molecular weight is 308 g/mol. The van der Waals surface area contributed by atoms with Crippen LogP contribution < -0.4 is 10.2 Å². The molecule has 23 heavy (non-hydrogen) atoms. The molecule has 1 heterocycles. The summed E-state index contributed by atoms with van der Waals surface area (Å²) in [6, 6.07) is 16.9. The van der Waals surface area contributed by atoms with Crippen LogP contribution >= 0.6 is 0 Å². The average Bonchev–Trinajstić information content (AvgIpc) is 2.60. The molecule has 2 aromatic carbocycles. The second kappa shape index (κ2) is 6.46. The highest BCUT2D eigenvalue weighted by Gasteiger charge is 2.12. The Morgan fingerprint density at radius 1 is 1.13 bits per heavy atom. The van der Waals surface area contributed by atoms with E-state index in [2.05, 4.69) is 4.98 Å². The molecule has 0 spiro atoms.